The van der Waals surface area contributed by atoms with Crippen molar-refractivity contribution in [3.8, 4) is 0 Å². The molecule has 0 aromatic rings. The summed E-state index contributed by atoms with van der Waals surface area (Å²) < 4.78 is 2.09. The maximum Gasteiger partial charge on any atom is 0.00313 e. The number of allylic oxidation sites excluding steroid dienone is 1. The van der Waals surface area contributed by atoms with E-state index in [0.717, 1.165) is 5.33 Å². The third kappa shape index (κ3) is 8.95. The SMILES string of the molecule is BrCCCCC/C=C/I. The first-order valence-electron chi connectivity index (χ1n) is 3.23. The molecule has 0 aromatic carbocycles. The summed E-state index contributed by atoms with van der Waals surface area (Å²) in [7, 11) is 0. The lowest BCUT2D eigenvalue weighted by atomic mass is 10.2. The summed E-state index contributed by atoms with van der Waals surface area (Å²) in [6.45, 7) is 0. The van der Waals surface area contributed by atoms with Crippen LogP contribution < -0.4 is 0 Å². The van der Waals surface area contributed by atoms with E-state index in [2.05, 4.69) is 48.7 Å². The van der Waals surface area contributed by atoms with Crippen molar-refractivity contribution in [2.24, 2.45) is 0 Å². The maximum absolute atomic E-state index is 3.40. The van der Waals surface area contributed by atoms with Gasteiger partial charge in [0.15, 0.2) is 0 Å². The van der Waals surface area contributed by atoms with Crippen molar-refractivity contribution >= 4 is 38.5 Å². The van der Waals surface area contributed by atoms with Crippen molar-refractivity contribution in [1.82, 2.24) is 0 Å². The topological polar surface area (TPSA) is 0 Å². The highest BCUT2D eigenvalue weighted by molar-refractivity contribution is 14.1. The van der Waals surface area contributed by atoms with Crippen LogP contribution in [-0.4, -0.2) is 5.33 Å². The number of hydrogen-bond donors (Lipinski definition) is 0. The van der Waals surface area contributed by atoms with Gasteiger partial charge in [0.2, 0.25) is 0 Å². The molecule has 0 aliphatic heterocycles. The van der Waals surface area contributed by atoms with Gasteiger partial charge >= 0.3 is 0 Å². The second-order valence-electron chi connectivity index (χ2n) is 1.90. The van der Waals surface area contributed by atoms with Crippen LogP contribution in [0.4, 0.5) is 0 Å². The first-order valence-corrected chi connectivity index (χ1v) is 5.59. The summed E-state index contributed by atoms with van der Waals surface area (Å²) in [5.74, 6) is 0. The smallest absolute Gasteiger partial charge is 0.00313 e. The molecule has 0 aliphatic rings. The van der Waals surface area contributed by atoms with Gasteiger partial charge < -0.3 is 0 Å². The van der Waals surface area contributed by atoms with Crippen LogP contribution in [0, 0.1) is 0 Å². The van der Waals surface area contributed by atoms with E-state index in [9.17, 15) is 0 Å². The van der Waals surface area contributed by atoms with Crippen LogP contribution in [0.3, 0.4) is 0 Å². The van der Waals surface area contributed by atoms with Gasteiger partial charge in [0.05, 0.1) is 0 Å². The Hall–Kier alpha value is 0.950. The van der Waals surface area contributed by atoms with Gasteiger partial charge in [-0.15, -0.1) is 0 Å². The Kier molecular flexibility index (Phi) is 9.89. The first-order chi connectivity index (χ1) is 4.41. The summed E-state index contributed by atoms with van der Waals surface area (Å²) in [6, 6.07) is 0. The van der Waals surface area contributed by atoms with Gasteiger partial charge in [-0.25, -0.2) is 0 Å². The zero-order valence-corrected chi connectivity index (χ0v) is 9.19. The number of alkyl halides is 1. The van der Waals surface area contributed by atoms with Crippen molar-refractivity contribution < 1.29 is 0 Å². The van der Waals surface area contributed by atoms with E-state index in [1.165, 1.54) is 25.7 Å². The second-order valence-corrected chi connectivity index (χ2v) is 3.41. The maximum atomic E-state index is 3.40. The summed E-state index contributed by atoms with van der Waals surface area (Å²) in [6.07, 6.45) is 7.47. The Labute approximate surface area is 79.4 Å². The molecular weight excluding hydrogens is 291 g/mol. The first kappa shape index (κ1) is 9.95. The van der Waals surface area contributed by atoms with E-state index in [1.54, 1.807) is 0 Å². The Morgan fingerprint density at radius 3 is 2.56 bits per heavy atom. The zero-order chi connectivity index (χ0) is 6.95. The van der Waals surface area contributed by atoms with Gasteiger partial charge in [0.1, 0.15) is 0 Å². The van der Waals surface area contributed by atoms with Gasteiger partial charge in [0.25, 0.3) is 0 Å². The minimum Gasteiger partial charge on any atom is -0.0928 e. The summed E-state index contributed by atoms with van der Waals surface area (Å²) in [5, 5.41) is 1.15. The van der Waals surface area contributed by atoms with E-state index >= 15 is 0 Å². The zero-order valence-electron chi connectivity index (χ0n) is 5.45. The molecule has 0 aromatic heterocycles. The van der Waals surface area contributed by atoms with Crippen molar-refractivity contribution in [1.29, 1.82) is 0 Å². The molecule has 0 saturated carbocycles. The molecule has 0 bridgehead atoms. The van der Waals surface area contributed by atoms with E-state index in [0.29, 0.717) is 0 Å². The Bertz CT molecular complexity index is 71.3. The summed E-state index contributed by atoms with van der Waals surface area (Å²) in [5.41, 5.74) is 0. The van der Waals surface area contributed by atoms with E-state index in [1.807, 2.05) is 0 Å². The van der Waals surface area contributed by atoms with Crippen molar-refractivity contribution in [3.05, 3.63) is 10.2 Å². The summed E-state index contributed by atoms with van der Waals surface area (Å²) >= 11 is 5.66. The number of rotatable bonds is 5. The lowest BCUT2D eigenvalue weighted by Gasteiger charge is -1.91. The molecule has 0 nitrogen and oxygen atoms in total. The minimum absolute atomic E-state index is 1.15. The van der Waals surface area contributed by atoms with Gasteiger partial charge in [-0.3, -0.25) is 0 Å². The second kappa shape index (κ2) is 8.95. The molecule has 0 rings (SSSR count). The largest absolute Gasteiger partial charge is 0.0928 e. The quantitative estimate of drug-likeness (QED) is 0.411. The molecule has 0 unspecified atom stereocenters. The fraction of sp³-hybridized carbons (Fsp3) is 0.714. The highest BCUT2D eigenvalue weighted by Gasteiger charge is 1.83. The highest BCUT2D eigenvalue weighted by atomic mass is 127. The molecule has 0 spiro atoms. The fourth-order valence-electron chi connectivity index (χ4n) is 0.596. The molecule has 0 fully saturated rings. The Balaban J connectivity index is 2.75. The highest BCUT2D eigenvalue weighted by Crippen LogP contribution is 2.03. The van der Waals surface area contributed by atoms with Crippen molar-refractivity contribution in [2.75, 3.05) is 5.33 Å². The minimum atomic E-state index is 1.15. The Morgan fingerprint density at radius 2 is 2.00 bits per heavy atom. The van der Waals surface area contributed by atoms with Crippen molar-refractivity contribution in [3.63, 3.8) is 0 Å². The van der Waals surface area contributed by atoms with Gasteiger partial charge in [-0.05, 0) is 23.3 Å². The Morgan fingerprint density at radius 1 is 1.22 bits per heavy atom. The molecule has 0 aliphatic carbocycles. The molecule has 0 amide bonds. The summed E-state index contributed by atoms with van der Waals surface area (Å²) in [4.78, 5) is 0. The van der Waals surface area contributed by atoms with Crippen LogP contribution in [0.2, 0.25) is 0 Å². The van der Waals surface area contributed by atoms with Crippen LogP contribution in [0.1, 0.15) is 25.7 Å². The number of unbranched alkanes of at least 4 members (excludes halogenated alkanes) is 3. The molecule has 9 heavy (non-hydrogen) atoms. The molecule has 54 valence electrons. The number of halogens is 2. The monoisotopic (exact) mass is 302 g/mol. The van der Waals surface area contributed by atoms with Gasteiger partial charge in [0, 0.05) is 5.33 Å². The van der Waals surface area contributed by atoms with Gasteiger partial charge in [-0.1, -0.05) is 51.0 Å². The normalized spacial score (nSPS) is 10.9. The molecule has 0 saturated heterocycles. The third-order valence-electron chi connectivity index (χ3n) is 1.09. The molecule has 0 atom stereocenters. The molecular formula is C7H12BrI. The van der Waals surface area contributed by atoms with Gasteiger partial charge in [-0.2, -0.15) is 0 Å². The molecule has 0 radical (unpaired) electrons. The fourth-order valence-corrected chi connectivity index (χ4v) is 1.35. The van der Waals surface area contributed by atoms with Crippen LogP contribution in [-0.2, 0) is 0 Å². The van der Waals surface area contributed by atoms with Crippen molar-refractivity contribution in [2.45, 2.75) is 25.7 Å². The van der Waals surface area contributed by atoms with Crippen LogP contribution in [0.25, 0.3) is 0 Å². The van der Waals surface area contributed by atoms with Crippen LogP contribution in [0.5, 0.6) is 0 Å². The third-order valence-corrected chi connectivity index (χ3v) is 2.16. The standard InChI is InChI=1S/C7H12BrI/c8-6-4-2-1-3-5-7-9/h5,7H,1-4,6H2/b7-5+. The average Bonchev–Trinajstić information content (AvgIpc) is 1.89. The predicted octanol–water partition coefficient (Wildman–Crippen LogP) is 3.89. The predicted molar refractivity (Wildman–Crippen MR) is 55.4 cm³/mol. The molecule has 0 heterocycles. The lowest BCUT2D eigenvalue weighted by molar-refractivity contribution is 0.737. The van der Waals surface area contributed by atoms with E-state index in [-0.39, 0.29) is 0 Å². The van der Waals surface area contributed by atoms with Crippen LogP contribution >= 0.6 is 38.5 Å². The molecule has 2 heteroatoms. The molecule has 0 N–H and O–H groups in total. The van der Waals surface area contributed by atoms with Crippen LogP contribution in [0.15, 0.2) is 10.2 Å². The van der Waals surface area contributed by atoms with E-state index < -0.39 is 0 Å². The lowest BCUT2D eigenvalue weighted by Crippen LogP contribution is -1.75. The van der Waals surface area contributed by atoms with E-state index in [4.69, 9.17) is 0 Å². The number of hydrogen-bond acceptors (Lipinski definition) is 0. The average molecular weight is 303 g/mol.